The molecule has 0 atom stereocenters. The van der Waals surface area contributed by atoms with Crippen LogP contribution < -0.4 is 9.64 Å². The Kier molecular flexibility index (Phi) is 9.12. The lowest BCUT2D eigenvalue weighted by Crippen LogP contribution is -2.39. The van der Waals surface area contributed by atoms with Crippen molar-refractivity contribution in [3.05, 3.63) is 53.1 Å². The summed E-state index contributed by atoms with van der Waals surface area (Å²) in [5.74, 6) is 0.719. The predicted octanol–water partition coefficient (Wildman–Crippen LogP) is 5.85. The van der Waals surface area contributed by atoms with Gasteiger partial charge in [-0.25, -0.2) is 4.98 Å². The Balaban J connectivity index is 1.55. The highest BCUT2D eigenvalue weighted by Crippen LogP contribution is 2.34. The lowest BCUT2D eigenvalue weighted by Gasteiger charge is -2.27. The summed E-state index contributed by atoms with van der Waals surface area (Å²) in [6.07, 6.45) is 4.20. The number of hydrogen-bond donors (Lipinski definition) is 0. The van der Waals surface area contributed by atoms with Gasteiger partial charge in [0.05, 0.1) is 30.0 Å². The molecule has 1 aliphatic rings. The number of unbranched alkanes of at least 4 members (excludes halogenated alkanes) is 2. The zero-order valence-electron chi connectivity index (χ0n) is 21.2. The Labute approximate surface area is 212 Å². The van der Waals surface area contributed by atoms with E-state index in [0.717, 1.165) is 85.2 Å². The van der Waals surface area contributed by atoms with Gasteiger partial charge in [0.2, 0.25) is 0 Å². The first-order chi connectivity index (χ1) is 17.1. The van der Waals surface area contributed by atoms with Crippen LogP contribution in [0.2, 0.25) is 0 Å². The smallest absolute Gasteiger partial charge is 0.260 e. The summed E-state index contributed by atoms with van der Waals surface area (Å²) >= 11 is 1.61. The molecule has 2 aromatic carbocycles. The Morgan fingerprint density at radius 1 is 1.11 bits per heavy atom. The van der Waals surface area contributed by atoms with Gasteiger partial charge in [-0.2, -0.15) is 0 Å². The molecule has 188 valence electrons. The van der Waals surface area contributed by atoms with Crippen LogP contribution in [-0.2, 0) is 4.74 Å². The van der Waals surface area contributed by atoms with Crippen molar-refractivity contribution in [1.29, 1.82) is 0 Å². The predicted molar refractivity (Wildman–Crippen MR) is 144 cm³/mol. The van der Waals surface area contributed by atoms with E-state index in [2.05, 4.69) is 37.8 Å². The molecule has 0 aliphatic carbocycles. The largest absolute Gasteiger partial charge is 0.494 e. The van der Waals surface area contributed by atoms with Crippen LogP contribution in [0.1, 0.15) is 54.1 Å². The first-order valence-corrected chi connectivity index (χ1v) is 13.6. The van der Waals surface area contributed by atoms with Gasteiger partial charge in [0.1, 0.15) is 5.75 Å². The van der Waals surface area contributed by atoms with Crippen molar-refractivity contribution in [2.45, 2.75) is 46.5 Å². The zero-order valence-corrected chi connectivity index (χ0v) is 22.0. The Morgan fingerprint density at radius 2 is 1.91 bits per heavy atom. The Morgan fingerprint density at radius 3 is 2.69 bits per heavy atom. The maximum Gasteiger partial charge on any atom is 0.260 e. The number of aromatic nitrogens is 1. The van der Waals surface area contributed by atoms with Gasteiger partial charge < -0.3 is 9.47 Å². The van der Waals surface area contributed by atoms with Crippen molar-refractivity contribution < 1.29 is 14.3 Å². The van der Waals surface area contributed by atoms with Crippen LogP contribution in [0.3, 0.4) is 0 Å². The van der Waals surface area contributed by atoms with Crippen molar-refractivity contribution in [2.24, 2.45) is 0 Å². The molecular formula is C28H37N3O3S. The molecule has 0 unspecified atom stereocenters. The quantitative estimate of drug-likeness (QED) is 0.312. The van der Waals surface area contributed by atoms with E-state index in [1.165, 1.54) is 5.56 Å². The van der Waals surface area contributed by atoms with E-state index < -0.39 is 0 Å². The topological polar surface area (TPSA) is 54.9 Å². The van der Waals surface area contributed by atoms with Crippen LogP contribution in [0, 0.1) is 13.8 Å². The number of carbonyl (C=O) groups is 1. The molecule has 1 fully saturated rings. The molecule has 0 N–H and O–H groups in total. The molecule has 3 aromatic rings. The number of aryl methyl sites for hydroxylation is 2. The lowest BCUT2D eigenvalue weighted by molar-refractivity contribution is 0.0376. The van der Waals surface area contributed by atoms with Crippen LogP contribution in [0.4, 0.5) is 5.13 Å². The van der Waals surface area contributed by atoms with Crippen LogP contribution in [0.5, 0.6) is 5.75 Å². The molecule has 0 saturated carbocycles. The number of anilines is 1. The standard InChI is InChI=1S/C28H37N3O3S/c1-4-5-6-17-34-24-10-7-9-23(20-24)27(32)31(14-8-13-30-15-18-33-19-16-30)28-29-25-21(2)11-12-22(3)26(25)35-28/h7,9-12,20H,4-6,8,13-19H2,1-3H3. The van der Waals surface area contributed by atoms with Crippen LogP contribution >= 0.6 is 11.3 Å². The van der Waals surface area contributed by atoms with E-state index in [1.54, 1.807) is 11.3 Å². The number of amides is 1. The summed E-state index contributed by atoms with van der Waals surface area (Å²) in [6.45, 7) is 12.1. The molecule has 0 radical (unpaired) electrons. The van der Waals surface area contributed by atoms with Gasteiger partial charge in [-0.15, -0.1) is 0 Å². The monoisotopic (exact) mass is 495 g/mol. The van der Waals surface area contributed by atoms with E-state index in [4.69, 9.17) is 14.5 Å². The molecule has 1 aliphatic heterocycles. The molecule has 0 bridgehead atoms. The average Bonchev–Trinajstić information content (AvgIpc) is 3.34. The van der Waals surface area contributed by atoms with Crippen molar-refractivity contribution in [3.63, 3.8) is 0 Å². The van der Waals surface area contributed by atoms with Crippen molar-refractivity contribution in [2.75, 3.05) is 50.9 Å². The SMILES string of the molecule is CCCCCOc1cccc(C(=O)N(CCCN2CCOCC2)c2nc3c(C)ccc(C)c3s2)c1. The molecule has 1 aromatic heterocycles. The van der Waals surface area contributed by atoms with E-state index >= 15 is 0 Å². The summed E-state index contributed by atoms with van der Waals surface area (Å²) < 4.78 is 12.5. The normalized spacial score (nSPS) is 14.4. The molecule has 2 heterocycles. The summed E-state index contributed by atoms with van der Waals surface area (Å²) in [5.41, 5.74) is 3.95. The van der Waals surface area contributed by atoms with Gasteiger partial charge in [0.15, 0.2) is 5.13 Å². The molecular weight excluding hydrogens is 458 g/mol. The number of thiazole rings is 1. The first-order valence-electron chi connectivity index (χ1n) is 12.8. The summed E-state index contributed by atoms with van der Waals surface area (Å²) in [7, 11) is 0. The first kappa shape index (κ1) is 25.6. The van der Waals surface area contributed by atoms with Crippen LogP contribution in [0.15, 0.2) is 36.4 Å². The van der Waals surface area contributed by atoms with Crippen molar-refractivity contribution in [3.8, 4) is 5.75 Å². The highest BCUT2D eigenvalue weighted by molar-refractivity contribution is 7.22. The fourth-order valence-corrected chi connectivity index (χ4v) is 5.48. The maximum absolute atomic E-state index is 13.8. The number of benzene rings is 2. The fourth-order valence-electron chi connectivity index (χ4n) is 4.34. The second kappa shape index (κ2) is 12.5. The Bertz CT molecular complexity index is 1080. The van der Waals surface area contributed by atoms with Gasteiger partial charge >= 0.3 is 0 Å². The number of morpholine rings is 1. The van der Waals surface area contributed by atoms with Crippen molar-refractivity contribution in [1.82, 2.24) is 9.88 Å². The number of ether oxygens (including phenoxy) is 2. The third kappa shape index (κ3) is 6.60. The maximum atomic E-state index is 13.8. The molecule has 4 rings (SSSR count). The molecule has 0 spiro atoms. The summed E-state index contributed by atoms with van der Waals surface area (Å²) in [6, 6.07) is 11.8. The number of rotatable bonds is 11. The average molecular weight is 496 g/mol. The fraction of sp³-hybridized carbons (Fsp3) is 0.500. The minimum absolute atomic E-state index is 0.0275. The zero-order chi connectivity index (χ0) is 24.6. The third-order valence-corrected chi connectivity index (χ3v) is 7.68. The van der Waals surface area contributed by atoms with Gasteiger partial charge in [-0.3, -0.25) is 14.6 Å². The molecule has 7 heteroatoms. The lowest BCUT2D eigenvalue weighted by atomic mass is 10.1. The van der Waals surface area contributed by atoms with Crippen LogP contribution in [-0.4, -0.2) is 61.8 Å². The second-order valence-electron chi connectivity index (χ2n) is 9.22. The van der Waals surface area contributed by atoms with E-state index in [0.29, 0.717) is 18.7 Å². The molecule has 1 saturated heterocycles. The van der Waals surface area contributed by atoms with Crippen LogP contribution in [0.25, 0.3) is 10.2 Å². The number of nitrogens with zero attached hydrogens (tertiary/aromatic N) is 3. The highest BCUT2D eigenvalue weighted by atomic mass is 32.1. The minimum atomic E-state index is -0.0275. The molecule has 35 heavy (non-hydrogen) atoms. The van der Waals surface area contributed by atoms with Gasteiger partial charge in [0, 0.05) is 31.7 Å². The molecule has 6 nitrogen and oxygen atoms in total. The van der Waals surface area contributed by atoms with Crippen molar-refractivity contribution >= 4 is 32.6 Å². The van der Waals surface area contributed by atoms with E-state index in [1.807, 2.05) is 29.2 Å². The summed E-state index contributed by atoms with van der Waals surface area (Å²) in [4.78, 5) is 23.0. The minimum Gasteiger partial charge on any atom is -0.494 e. The number of carbonyl (C=O) groups excluding carboxylic acids is 1. The van der Waals surface area contributed by atoms with E-state index in [-0.39, 0.29) is 5.91 Å². The molecule has 1 amide bonds. The van der Waals surface area contributed by atoms with Gasteiger partial charge in [-0.05, 0) is 56.0 Å². The third-order valence-electron chi connectivity index (χ3n) is 6.46. The van der Waals surface area contributed by atoms with Gasteiger partial charge in [-0.1, -0.05) is 49.3 Å². The number of hydrogen-bond acceptors (Lipinski definition) is 6. The Hall–Kier alpha value is -2.48. The second-order valence-corrected chi connectivity index (χ2v) is 10.2. The highest BCUT2D eigenvalue weighted by Gasteiger charge is 2.23. The summed E-state index contributed by atoms with van der Waals surface area (Å²) in [5, 5.41) is 0.763. The number of fused-ring (bicyclic) bond motifs is 1. The van der Waals surface area contributed by atoms with Gasteiger partial charge in [0.25, 0.3) is 5.91 Å². The van der Waals surface area contributed by atoms with E-state index in [9.17, 15) is 4.79 Å².